The molecule has 3 N–H and O–H groups in total. The minimum absolute atomic E-state index is 0.0804. The Balaban J connectivity index is 1.71. The average Bonchev–Trinajstić information content (AvgIpc) is 2.98. The quantitative estimate of drug-likeness (QED) is 0.881. The molecular formula is C15H24N4O. The molecule has 0 radical (unpaired) electrons. The molecular weight excluding hydrogens is 252 g/mol. The fourth-order valence-corrected chi connectivity index (χ4v) is 3.29. The first kappa shape index (κ1) is 13.5. The number of aromatic nitrogens is 1. The lowest BCUT2D eigenvalue weighted by molar-refractivity contribution is 0.234. The number of nitrogens with one attached hydrogen (secondary N) is 1. The SMILES string of the molecule is CC(C)Oc1nc(NC2CCN3CCCC23)ccc1N. The Bertz CT molecular complexity index is 477. The van der Waals surface area contributed by atoms with Crippen LogP contribution >= 0.6 is 0 Å². The minimum Gasteiger partial charge on any atom is -0.473 e. The van der Waals surface area contributed by atoms with E-state index in [2.05, 4.69) is 15.2 Å². The monoisotopic (exact) mass is 276 g/mol. The van der Waals surface area contributed by atoms with E-state index >= 15 is 0 Å². The molecule has 1 aromatic rings. The zero-order valence-electron chi connectivity index (χ0n) is 12.3. The first-order valence-electron chi connectivity index (χ1n) is 7.57. The summed E-state index contributed by atoms with van der Waals surface area (Å²) >= 11 is 0. The summed E-state index contributed by atoms with van der Waals surface area (Å²) in [6.07, 6.45) is 3.88. The highest BCUT2D eigenvalue weighted by atomic mass is 16.5. The second-order valence-electron chi connectivity index (χ2n) is 6.04. The van der Waals surface area contributed by atoms with E-state index in [9.17, 15) is 0 Å². The van der Waals surface area contributed by atoms with Crippen LogP contribution in [0, 0.1) is 0 Å². The van der Waals surface area contributed by atoms with Crippen molar-refractivity contribution >= 4 is 11.5 Å². The topological polar surface area (TPSA) is 63.4 Å². The lowest BCUT2D eigenvalue weighted by atomic mass is 10.1. The van der Waals surface area contributed by atoms with Gasteiger partial charge in [0, 0.05) is 18.6 Å². The largest absolute Gasteiger partial charge is 0.473 e. The van der Waals surface area contributed by atoms with Crippen LogP contribution in [0.5, 0.6) is 5.88 Å². The zero-order valence-corrected chi connectivity index (χ0v) is 12.3. The van der Waals surface area contributed by atoms with Crippen molar-refractivity contribution in [1.29, 1.82) is 0 Å². The van der Waals surface area contributed by atoms with E-state index in [1.54, 1.807) is 0 Å². The van der Waals surface area contributed by atoms with Gasteiger partial charge < -0.3 is 15.8 Å². The third kappa shape index (κ3) is 2.68. The molecule has 0 bridgehead atoms. The number of nitrogens with two attached hydrogens (primary N) is 1. The van der Waals surface area contributed by atoms with Gasteiger partial charge in [-0.25, -0.2) is 0 Å². The van der Waals surface area contributed by atoms with E-state index < -0.39 is 0 Å². The van der Waals surface area contributed by atoms with Gasteiger partial charge in [0.05, 0.1) is 11.8 Å². The van der Waals surface area contributed by atoms with Crippen LogP contribution in [0.25, 0.3) is 0 Å². The number of rotatable bonds is 4. The number of ether oxygens (including phenoxy) is 1. The number of nitrogen functional groups attached to an aromatic ring is 1. The van der Waals surface area contributed by atoms with Crippen LogP contribution in [0.15, 0.2) is 12.1 Å². The van der Waals surface area contributed by atoms with Gasteiger partial charge in [-0.05, 0) is 51.8 Å². The van der Waals surface area contributed by atoms with E-state index in [0.29, 0.717) is 23.7 Å². The molecule has 20 heavy (non-hydrogen) atoms. The Hall–Kier alpha value is -1.49. The second kappa shape index (κ2) is 5.48. The average molecular weight is 276 g/mol. The van der Waals surface area contributed by atoms with E-state index in [1.807, 2.05) is 26.0 Å². The number of nitrogens with zero attached hydrogens (tertiary/aromatic N) is 2. The predicted octanol–water partition coefficient (Wildman–Crippen LogP) is 2.10. The number of fused-ring (bicyclic) bond motifs is 1. The molecule has 3 rings (SSSR count). The Labute approximate surface area is 120 Å². The Morgan fingerprint density at radius 1 is 1.35 bits per heavy atom. The smallest absolute Gasteiger partial charge is 0.239 e. The summed E-state index contributed by atoms with van der Waals surface area (Å²) < 4.78 is 5.65. The fraction of sp³-hybridized carbons (Fsp3) is 0.667. The maximum absolute atomic E-state index is 5.91. The first-order chi connectivity index (χ1) is 9.63. The number of hydrogen-bond acceptors (Lipinski definition) is 5. The van der Waals surface area contributed by atoms with Crippen LogP contribution < -0.4 is 15.8 Å². The Kier molecular flexibility index (Phi) is 3.70. The van der Waals surface area contributed by atoms with Crippen LogP contribution in [-0.4, -0.2) is 41.2 Å². The number of pyridine rings is 1. The van der Waals surface area contributed by atoms with Crippen LogP contribution in [-0.2, 0) is 0 Å². The number of anilines is 2. The van der Waals surface area contributed by atoms with Gasteiger partial charge in [-0.1, -0.05) is 0 Å². The highest BCUT2D eigenvalue weighted by Crippen LogP contribution is 2.30. The summed E-state index contributed by atoms with van der Waals surface area (Å²) in [5, 5.41) is 3.56. The molecule has 2 unspecified atom stereocenters. The van der Waals surface area contributed by atoms with E-state index in [0.717, 1.165) is 5.82 Å². The van der Waals surface area contributed by atoms with E-state index in [-0.39, 0.29) is 6.10 Å². The molecule has 0 aliphatic carbocycles. The van der Waals surface area contributed by atoms with Gasteiger partial charge in [0.2, 0.25) is 5.88 Å². The summed E-state index contributed by atoms with van der Waals surface area (Å²) in [6.45, 7) is 6.41. The van der Waals surface area contributed by atoms with Gasteiger partial charge in [0.1, 0.15) is 5.82 Å². The van der Waals surface area contributed by atoms with Crippen molar-refractivity contribution in [2.75, 3.05) is 24.1 Å². The molecule has 110 valence electrons. The minimum atomic E-state index is 0.0804. The third-order valence-electron chi connectivity index (χ3n) is 4.18. The van der Waals surface area contributed by atoms with Crippen molar-refractivity contribution in [3.05, 3.63) is 12.1 Å². The molecule has 0 amide bonds. The fourth-order valence-electron chi connectivity index (χ4n) is 3.29. The standard InChI is InChI=1S/C15H24N4O/c1-10(2)20-15-11(16)5-6-14(18-15)17-12-7-9-19-8-3-4-13(12)19/h5-6,10,12-13H,3-4,7-9,16H2,1-2H3,(H,17,18). The molecule has 2 aliphatic heterocycles. The number of hydrogen-bond donors (Lipinski definition) is 2. The van der Waals surface area contributed by atoms with Crippen molar-refractivity contribution in [3.63, 3.8) is 0 Å². The summed E-state index contributed by atoms with van der Waals surface area (Å²) in [5.74, 6) is 1.40. The molecule has 2 aliphatic rings. The van der Waals surface area contributed by atoms with Gasteiger partial charge in [0.15, 0.2) is 0 Å². The molecule has 5 nitrogen and oxygen atoms in total. The summed E-state index contributed by atoms with van der Waals surface area (Å²) in [5.41, 5.74) is 6.50. The van der Waals surface area contributed by atoms with Crippen LogP contribution in [0.1, 0.15) is 33.1 Å². The molecule has 1 aromatic heterocycles. The van der Waals surface area contributed by atoms with E-state index in [4.69, 9.17) is 10.5 Å². The molecule has 0 aromatic carbocycles. The van der Waals surface area contributed by atoms with Crippen LogP contribution in [0.2, 0.25) is 0 Å². The summed E-state index contributed by atoms with van der Waals surface area (Å²) in [6, 6.07) is 4.98. The first-order valence-corrected chi connectivity index (χ1v) is 7.57. The summed E-state index contributed by atoms with van der Waals surface area (Å²) in [7, 11) is 0. The molecule has 0 saturated carbocycles. The molecule has 0 spiro atoms. The van der Waals surface area contributed by atoms with Crippen molar-refractivity contribution in [1.82, 2.24) is 9.88 Å². The van der Waals surface area contributed by atoms with Crippen LogP contribution in [0.4, 0.5) is 11.5 Å². The van der Waals surface area contributed by atoms with Crippen molar-refractivity contribution in [2.24, 2.45) is 0 Å². The molecule has 2 atom stereocenters. The van der Waals surface area contributed by atoms with Crippen molar-refractivity contribution in [2.45, 2.75) is 51.3 Å². The van der Waals surface area contributed by atoms with E-state index in [1.165, 1.54) is 32.4 Å². The van der Waals surface area contributed by atoms with Gasteiger partial charge in [-0.2, -0.15) is 4.98 Å². The molecule has 3 heterocycles. The normalized spacial score (nSPS) is 25.9. The highest BCUT2D eigenvalue weighted by Gasteiger charge is 2.37. The van der Waals surface area contributed by atoms with Crippen molar-refractivity contribution in [3.8, 4) is 5.88 Å². The maximum Gasteiger partial charge on any atom is 0.239 e. The summed E-state index contributed by atoms with van der Waals surface area (Å²) in [4.78, 5) is 7.10. The predicted molar refractivity (Wildman–Crippen MR) is 81.0 cm³/mol. The van der Waals surface area contributed by atoms with Gasteiger partial charge in [-0.3, -0.25) is 4.90 Å². The molecule has 2 fully saturated rings. The maximum atomic E-state index is 5.91. The van der Waals surface area contributed by atoms with Gasteiger partial charge >= 0.3 is 0 Å². The highest BCUT2D eigenvalue weighted by molar-refractivity contribution is 5.54. The molecule has 5 heteroatoms. The zero-order chi connectivity index (χ0) is 14.1. The molecule has 2 saturated heterocycles. The van der Waals surface area contributed by atoms with Crippen LogP contribution in [0.3, 0.4) is 0 Å². The van der Waals surface area contributed by atoms with Gasteiger partial charge in [-0.15, -0.1) is 0 Å². The van der Waals surface area contributed by atoms with Crippen molar-refractivity contribution < 1.29 is 4.74 Å². The third-order valence-corrected chi connectivity index (χ3v) is 4.18. The second-order valence-corrected chi connectivity index (χ2v) is 6.04. The Morgan fingerprint density at radius 2 is 2.20 bits per heavy atom. The lowest BCUT2D eigenvalue weighted by Crippen LogP contribution is -2.34. The van der Waals surface area contributed by atoms with Gasteiger partial charge in [0.25, 0.3) is 0 Å². The Morgan fingerprint density at radius 3 is 3.00 bits per heavy atom. The lowest BCUT2D eigenvalue weighted by Gasteiger charge is -2.22.